The lowest BCUT2D eigenvalue weighted by Gasteiger charge is -2.18. The number of rotatable bonds is 8. The fraction of sp³-hybridized carbons (Fsp3) is 0.333. The predicted octanol–water partition coefficient (Wildman–Crippen LogP) is 3.63. The van der Waals surface area contributed by atoms with Gasteiger partial charge in [-0.25, -0.2) is 0 Å². The van der Waals surface area contributed by atoms with Crippen molar-refractivity contribution in [1.29, 1.82) is 0 Å². The van der Waals surface area contributed by atoms with Crippen molar-refractivity contribution in [2.45, 2.75) is 20.0 Å². The molecule has 2 rings (SSSR count). The number of hydrogen-bond donors (Lipinski definition) is 0. The summed E-state index contributed by atoms with van der Waals surface area (Å²) in [6, 6.07) is 12.6. The van der Waals surface area contributed by atoms with Crippen LogP contribution in [0.3, 0.4) is 0 Å². The lowest BCUT2D eigenvalue weighted by molar-refractivity contribution is -0.384. The fourth-order valence-electron chi connectivity index (χ4n) is 2.52. The Balaban J connectivity index is 2.07. The summed E-state index contributed by atoms with van der Waals surface area (Å²) >= 11 is 0. The molecule has 0 amide bonds. The minimum atomic E-state index is -0.393. The summed E-state index contributed by atoms with van der Waals surface area (Å²) in [6.45, 7) is 3.87. The molecule has 0 radical (unpaired) electrons. The molecule has 0 unspecified atom stereocenters. The van der Waals surface area contributed by atoms with Gasteiger partial charge in [0.05, 0.1) is 18.6 Å². The van der Waals surface area contributed by atoms with Crippen LogP contribution in [0, 0.1) is 10.1 Å². The molecule has 0 fully saturated rings. The molecule has 6 heteroatoms. The van der Waals surface area contributed by atoms with E-state index in [1.54, 1.807) is 19.2 Å². The van der Waals surface area contributed by atoms with Crippen LogP contribution in [0.1, 0.15) is 18.1 Å². The van der Waals surface area contributed by atoms with Crippen molar-refractivity contribution in [3.8, 4) is 11.5 Å². The van der Waals surface area contributed by atoms with Gasteiger partial charge in [0.2, 0.25) is 0 Å². The van der Waals surface area contributed by atoms with Crippen LogP contribution in [0.5, 0.6) is 11.5 Å². The zero-order valence-electron chi connectivity index (χ0n) is 14.2. The van der Waals surface area contributed by atoms with E-state index in [2.05, 4.69) is 4.90 Å². The van der Waals surface area contributed by atoms with Gasteiger partial charge in [-0.1, -0.05) is 12.1 Å². The quantitative estimate of drug-likeness (QED) is 0.546. The fourth-order valence-corrected chi connectivity index (χ4v) is 2.52. The number of methoxy groups -OCH3 is 1. The van der Waals surface area contributed by atoms with E-state index in [1.807, 2.05) is 38.2 Å². The molecule has 0 aliphatic rings. The van der Waals surface area contributed by atoms with Gasteiger partial charge in [0.15, 0.2) is 0 Å². The first-order valence-electron chi connectivity index (χ1n) is 7.75. The van der Waals surface area contributed by atoms with E-state index in [0.29, 0.717) is 18.9 Å². The third kappa shape index (κ3) is 4.70. The van der Waals surface area contributed by atoms with E-state index < -0.39 is 4.92 Å². The topological polar surface area (TPSA) is 64.8 Å². The third-order valence-corrected chi connectivity index (χ3v) is 3.60. The average molecular weight is 330 g/mol. The first kappa shape index (κ1) is 17.7. The molecule has 0 aliphatic carbocycles. The molecule has 6 nitrogen and oxygen atoms in total. The molecule has 0 saturated heterocycles. The summed E-state index contributed by atoms with van der Waals surface area (Å²) in [4.78, 5) is 12.6. The van der Waals surface area contributed by atoms with E-state index in [1.165, 1.54) is 6.07 Å². The summed E-state index contributed by atoms with van der Waals surface area (Å²) in [5, 5.41) is 11.0. The van der Waals surface area contributed by atoms with Crippen molar-refractivity contribution >= 4 is 5.69 Å². The molecule has 0 N–H and O–H groups in total. The van der Waals surface area contributed by atoms with Crippen LogP contribution in [0.2, 0.25) is 0 Å². The number of non-ortho nitro benzene ring substituents is 1. The van der Waals surface area contributed by atoms with Crippen LogP contribution < -0.4 is 9.47 Å². The number of hydrogen-bond acceptors (Lipinski definition) is 5. The Hall–Kier alpha value is -2.60. The predicted molar refractivity (Wildman–Crippen MR) is 92.4 cm³/mol. The molecule has 24 heavy (non-hydrogen) atoms. The van der Waals surface area contributed by atoms with Crippen LogP contribution >= 0.6 is 0 Å². The molecular weight excluding hydrogens is 308 g/mol. The second-order valence-corrected chi connectivity index (χ2v) is 5.50. The van der Waals surface area contributed by atoms with Crippen LogP contribution in [0.25, 0.3) is 0 Å². The van der Waals surface area contributed by atoms with E-state index >= 15 is 0 Å². The molecule has 0 aromatic heterocycles. The Morgan fingerprint density at radius 3 is 2.42 bits per heavy atom. The normalized spacial score (nSPS) is 10.7. The van der Waals surface area contributed by atoms with E-state index in [0.717, 1.165) is 23.4 Å². The molecule has 2 aromatic carbocycles. The van der Waals surface area contributed by atoms with Crippen LogP contribution in [0.4, 0.5) is 5.69 Å². The highest BCUT2D eigenvalue weighted by Gasteiger charge is 2.13. The SMILES string of the molecule is CCOc1ccc(CN(C)Cc2cc([N+](=O)[O-])ccc2OC)cc1. The Kier molecular flexibility index (Phi) is 6.14. The average Bonchev–Trinajstić information content (AvgIpc) is 2.56. The third-order valence-electron chi connectivity index (χ3n) is 3.60. The van der Waals surface area contributed by atoms with Crippen molar-refractivity contribution in [3.05, 3.63) is 63.7 Å². The molecule has 0 saturated carbocycles. The monoisotopic (exact) mass is 330 g/mol. The number of benzene rings is 2. The Bertz CT molecular complexity index is 686. The van der Waals surface area contributed by atoms with Gasteiger partial charge in [0, 0.05) is 30.8 Å². The van der Waals surface area contributed by atoms with E-state index in [4.69, 9.17) is 9.47 Å². The Morgan fingerprint density at radius 2 is 1.83 bits per heavy atom. The summed E-state index contributed by atoms with van der Waals surface area (Å²) in [6.07, 6.45) is 0. The van der Waals surface area contributed by atoms with Gasteiger partial charge in [-0.15, -0.1) is 0 Å². The highest BCUT2D eigenvalue weighted by Crippen LogP contribution is 2.25. The molecule has 0 bridgehead atoms. The first-order chi connectivity index (χ1) is 11.5. The van der Waals surface area contributed by atoms with Crippen LogP contribution in [-0.2, 0) is 13.1 Å². The van der Waals surface area contributed by atoms with Gasteiger partial charge >= 0.3 is 0 Å². The minimum Gasteiger partial charge on any atom is -0.496 e. The lowest BCUT2D eigenvalue weighted by atomic mass is 10.1. The maximum absolute atomic E-state index is 11.0. The Morgan fingerprint density at radius 1 is 1.12 bits per heavy atom. The molecule has 0 atom stereocenters. The minimum absolute atomic E-state index is 0.0697. The second kappa shape index (κ2) is 8.31. The van der Waals surface area contributed by atoms with Crippen LogP contribution in [-0.4, -0.2) is 30.6 Å². The van der Waals surface area contributed by atoms with Gasteiger partial charge < -0.3 is 9.47 Å². The smallest absolute Gasteiger partial charge is 0.270 e. The maximum atomic E-state index is 11.0. The number of ether oxygens (including phenoxy) is 2. The molecule has 0 heterocycles. The van der Waals surface area contributed by atoms with Gasteiger partial charge in [0.1, 0.15) is 11.5 Å². The molecule has 2 aromatic rings. The van der Waals surface area contributed by atoms with Crippen molar-refractivity contribution in [2.24, 2.45) is 0 Å². The standard InChI is InChI=1S/C18H22N2O4/c1-4-24-17-8-5-14(6-9-17)12-19(2)13-15-11-16(20(21)22)7-10-18(15)23-3/h5-11H,4,12-13H2,1-3H3. The molecule has 0 spiro atoms. The summed E-state index contributed by atoms with van der Waals surface area (Å²) in [7, 11) is 3.53. The van der Waals surface area contributed by atoms with Crippen molar-refractivity contribution in [3.63, 3.8) is 0 Å². The van der Waals surface area contributed by atoms with Crippen LogP contribution in [0.15, 0.2) is 42.5 Å². The highest BCUT2D eigenvalue weighted by atomic mass is 16.6. The lowest BCUT2D eigenvalue weighted by Crippen LogP contribution is -2.17. The zero-order valence-corrected chi connectivity index (χ0v) is 14.2. The Labute approximate surface area is 141 Å². The van der Waals surface area contributed by atoms with Crippen molar-refractivity contribution in [1.82, 2.24) is 4.90 Å². The largest absolute Gasteiger partial charge is 0.496 e. The van der Waals surface area contributed by atoms with Crippen molar-refractivity contribution in [2.75, 3.05) is 20.8 Å². The van der Waals surface area contributed by atoms with Gasteiger partial charge in [-0.05, 0) is 37.7 Å². The van der Waals surface area contributed by atoms with E-state index in [9.17, 15) is 10.1 Å². The van der Waals surface area contributed by atoms with Gasteiger partial charge in [-0.3, -0.25) is 15.0 Å². The number of nitro benzene ring substituents is 1. The van der Waals surface area contributed by atoms with Crippen molar-refractivity contribution < 1.29 is 14.4 Å². The summed E-state index contributed by atoms with van der Waals surface area (Å²) < 4.78 is 10.7. The van der Waals surface area contributed by atoms with Gasteiger partial charge in [-0.2, -0.15) is 0 Å². The zero-order chi connectivity index (χ0) is 17.5. The van der Waals surface area contributed by atoms with E-state index in [-0.39, 0.29) is 5.69 Å². The summed E-state index contributed by atoms with van der Waals surface area (Å²) in [5.74, 6) is 1.50. The second-order valence-electron chi connectivity index (χ2n) is 5.50. The highest BCUT2D eigenvalue weighted by molar-refractivity contribution is 5.43. The summed E-state index contributed by atoms with van der Waals surface area (Å²) in [5.41, 5.74) is 2.01. The number of nitro groups is 1. The first-order valence-corrected chi connectivity index (χ1v) is 7.75. The molecule has 0 aliphatic heterocycles. The molecular formula is C18H22N2O4. The number of nitrogens with zero attached hydrogens (tertiary/aromatic N) is 2. The molecule has 128 valence electrons. The van der Waals surface area contributed by atoms with Gasteiger partial charge in [0.25, 0.3) is 5.69 Å². The maximum Gasteiger partial charge on any atom is 0.270 e.